The van der Waals surface area contributed by atoms with Crippen molar-refractivity contribution in [1.82, 2.24) is 10.2 Å². The van der Waals surface area contributed by atoms with E-state index in [4.69, 9.17) is 22.1 Å². The van der Waals surface area contributed by atoms with Crippen molar-refractivity contribution in [2.45, 2.75) is 39.2 Å². The molecule has 150 valence electrons. The minimum Gasteiger partial charge on any atom is -0.496 e. The van der Waals surface area contributed by atoms with Gasteiger partial charge in [0.2, 0.25) is 11.8 Å². The lowest BCUT2D eigenvalue weighted by atomic mass is 9.91. The van der Waals surface area contributed by atoms with Crippen LogP contribution in [0.2, 0.25) is 5.02 Å². The number of nitrogens with two attached hydrogens (primary N) is 1. The van der Waals surface area contributed by atoms with Crippen LogP contribution in [0.1, 0.15) is 32.3 Å². The van der Waals surface area contributed by atoms with E-state index in [-0.39, 0.29) is 24.3 Å². The number of hydrogen-bond acceptors (Lipinski definition) is 4. The number of piperidine rings is 1. The van der Waals surface area contributed by atoms with Crippen LogP contribution in [0.4, 0.5) is 0 Å². The zero-order valence-electron chi connectivity index (χ0n) is 16.3. The van der Waals surface area contributed by atoms with Gasteiger partial charge in [-0.05, 0) is 54.9 Å². The van der Waals surface area contributed by atoms with E-state index in [1.165, 1.54) is 0 Å². The van der Waals surface area contributed by atoms with Crippen LogP contribution in [0.15, 0.2) is 18.2 Å². The number of rotatable bonds is 7. The molecule has 1 fully saturated rings. The van der Waals surface area contributed by atoms with Crippen molar-refractivity contribution in [3.63, 3.8) is 0 Å². The molecule has 2 atom stereocenters. The van der Waals surface area contributed by atoms with Crippen LogP contribution in [-0.2, 0) is 16.0 Å². The number of carbonyl (C=O) groups is 2. The monoisotopic (exact) mass is 395 g/mol. The second-order valence-electron chi connectivity index (χ2n) is 7.50. The summed E-state index contributed by atoms with van der Waals surface area (Å²) < 4.78 is 5.42. The Labute approximate surface area is 166 Å². The molecule has 1 heterocycles. The standard InChI is InChI=1S/C20H30ClN3O3/c1-13(2)19(22)20(26)23-11-18(25)24-8-4-5-14(12-24)9-15-10-16(21)6-7-17(15)27-3/h6-7,10,13-14,19H,4-5,8-9,11-12,22H2,1-3H3,(H,23,26)/t14?,19-/m0/s1. The molecule has 3 N–H and O–H groups in total. The van der Waals surface area contributed by atoms with Gasteiger partial charge >= 0.3 is 0 Å². The Morgan fingerprint density at radius 3 is 2.81 bits per heavy atom. The third-order valence-corrected chi connectivity index (χ3v) is 5.29. The number of nitrogens with one attached hydrogen (secondary N) is 1. The molecule has 1 aliphatic rings. The molecule has 0 bridgehead atoms. The molecule has 1 aromatic carbocycles. The van der Waals surface area contributed by atoms with Gasteiger partial charge in [0.25, 0.3) is 0 Å². The summed E-state index contributed by atoms with van der Waals surface area (Å²) >= 11 is 6.12. The minimum atomic E-state index is -0.595. The third-order valence-electron chi connectivity index (χ3n) is 5.06. The minimum absolute atomic E-state index is 0.00748. The maximum absolute atomic E-state index is 12.5. The second kappa shape index (κ2) is 9.95. The first-order valence-electron chi connectivity index (χ1n) is 9.45. The number of methoxy groups -OCH3 is 1. The summed E-state index contributed by atoms with van der Waals surface area (Å²) in [5.41, 5.74) is 6.87. The molecule has 2 rings (SSSR count). The van der Waals surface area contributed by atoms with Crippen LogP contribution in [0, 0.1) is 11.8 Å². The molecule has 0 radical (unpaired) electrons. The smallest absolute Gasteiger partial charge is 0.241 e. The molecular weight excluding hydrogens is 366 g/mol. The highest BCUT2D eigenvalue weighted by Crippen LogP contribution is 2.28. The van der Waals surface area contributed by atoms with Gasteiger partial charge < -0.3 is 20.7 Å². The van der Waals surface area contributed by atoms with E-state index in [1.54, 1.807) is 7.11 Å². The molecule has 0 spiro atoms. The lowest BCUT2D eigenvalue weighted by molar-refractivity contribution is -0.134. The van der Waals surface area contributed by atoms with E-state index in [1.807, 2.05) is 36.9 Å². The molecule has 0 aromatic heterocycles. The van der Waals surface area contributed by atoms with Gasteiger partial charge in [-0.3, -0.25) is 9.59 Å². The average molecular weight is 396 g/mol. The number of carbonyl (C=O) groups excluding carboxylic acids is 2. The predicted octanol–water partition coefficient (Wildman–Crippen LogP) is 2.23. The molecule has 1 unspecified atom stereocenters. The van der Waals surface area contributed by atoms with E-state index in [2.05, 4.69) is 5.32 Å². The van der Waals surface area contributed by atoms with Gasteiger partial charge in [-0.25, -0.2) is 0 Å². The van der Waals surface area contributed by atoms with Crippen molar-refractivity contribution in [3.05, 3.63) is 28.8 Å². The number of hydrogen-bond donors (Lipinski definition) is 2. The first kappa shape index (κ1) is 21.5. The fourth-order valence-electron chi connectivity index (χ4n) is 3.37. The number of ether oxygens (including phenoxy) is 1. The average Bonchev–Trinajstić information content (AvgIpc) is 2.65. The van der Waals surface area contributed by atoms with E-state index < -0.39 is 6.04 Å². The Morgan fingerprint density at radius 2 is 2.15 bits per heavy atom. The van der Waals surface area contributed by atoms with Crippen molar-refractivity contribution in [2.24, 2.45) is 17.6 Å². The summed E-state index contributed by atoms with van der Waals surface area (Å²) in [6.07, 6.45) is 2.79. The molecule has 27 heavy (non-hydrogen) atoms. The van der Waals surface area contributed by atoms with Crippen LogP contribution in [-0.4, -0.2) is 49.5 Å². The highest BCUT2D eigenvalue weighted by molar-refractivity contribution is 6.30. The van der Waals surface area contributed by atoms with Crippen LogP contribution in [0.25, 0.3) is 0 Å². The third kappa shape index (κ3) is 6.11. The lowest BCUT2D eigenvalue weighted by Gasteiger charge is -2.33. The Balaban J connectivity index is 1.91. The van der Waals surface area contributed by atoms with Gasteiger partial charge in [0, 0.05) is 18.1 Å². The Hall–Kier alpha value is -1.79. The maximum atomic E-state index is 12.5. The first-order valence-corrected chi connectivity index (χ1v) is 9.83. The normalized spacial score (nSPS) is 18.3. The summed E-state index contributed by atoms with van der Waals surface area (Å²) in [6.45, 7) is 5.14. The summed E-state index contributed by atoms with van der Waals surface area (Å²) in [6, 6.07) is 5.01. The van der Waals surface area contributed by atoms with E-state index in [0.29, 0.717) is 24.0 Å². The Morgan fingerprint density at radius 1 is 1.41 bits per heavy atom. The Bertz CT molecular complexity index is 666. The molecule has 2 amide bonds. The molecule has 1 aromatic rings. The van der Waals surface area contributed by atoms with Gasteiger partial charge in [-0.2, -0.15) is 0 Å². The number of halogens is 1. The summed E-state index contributed by atoms with van der Waals surface area (Å²) in [4.78, 5) is 26.3. The van der Waals surface area contributed by atoms with Crippen LogP contribution in [0.3, 0.4) is 0 Å². The predicted molar refractivity (Wildman–Crippen MR) is 107 cm³/mol. The van der Waals surface area contributed by atoms with Crippen molar-refractivity contribution in [1.29, 1.82) is 0 Å². The van der Waals surface area contributed by atoms with E-state index >= 15 is 0 Å². The molecule has 1 aliphatic heterocycles. The molecule has 0 aliphatic carbocycles. The molecule has 7 heteroatoms. The van der Waals surface area contributed by atoms with Crippen molar-refractivity contribution < 1.29 is 14.3 Å². The van der Waals surface area contributed by atoms with Crippen LogP contribution in [0.5, 0.6) is 5.75 Å². The van der Waals surface area contributed by atoms with Crippen molar-refractivity contribution >= 4 is 23.4 Å². The fraction of sp³-hybridized carbons (Fsp3) is 0.600. The summed E-state index contributed by atoms with van der Waals surface area (Å²) in [7, 11) is 1.65. The largest absolute Gasteiger partial charge is 0.496 e. The van der Waals surface area contributed by atoms with E-state index in [9.17, 15) is 9.59 Å². The summed E-state index contributed by atoms with van der Waals surface area (Å²) in [5, 5.41) is 3.34. The van der Waals surface area contributed by atoms with Gasteiger partial charge in [-0.1, -0.05) is 25.4 Å². The first-order chi connectivity index (χ1) is 12.8. The highest BCUT2D eigenvalue weighted by atomic mass is 35.5. The zero-order chi connectivity index (χ0) is 20.0. The lowest BCUT2D eigenvalue weighted by Crippen LogP contribution is -2.49. The van der Waals surface area contributed by atoms with Crippen molar-refractivity contribution in [2.75, 3.05) is 26.7 Å². The highest BCUT2D eigenvalue weighted by Gasteiger charge is 2.25. The molecule has 6 nitrogen and oxygen atoms in total. The molecule has 1 saturated heterocycles. The number of benzene rings is 1. The summed E-state index contributed by atoms with van der Waals surface area (Å²) in [5.74, 6) is 0.839. The molecule has 0 saturated carbocycles. The SMILES string of the molecule is COc1ccc(Cl)cc1CC1CCCN(C(=O)CNC(=O)[C@@H](N)C(C)C)C1. The Kier molecular flexibility index (Phi) is 7.92. The maximum Gasteiger partial charge on any atom is 0.241 e. The van der Waals surface area contributed by atoms with Crippen LogP contribution < -0.4 is 15.8 Å². The van der Waals surface area contributed by atoms with Gasteiger partial charge in [0.05, 0.1) is 19.7 Å². The fourth-order valence-corrected chi connectivity index (χ4v) is 3.57. The second-order valence-corrected chi connectivity index (χ2v) is 7.93. The molecular formula is C20H30ClN3O3. The van der Waals surface area contributed by atoms with Crippen molar-refractivity contribution in [3.8, 4) is 5.75 Å². The topological polar surface area (TPSA) is 84.7 Å². The number of likely N-dealkylation sites (tertiary alicyclic amines) is 1. The zero-order valence-corrected chi connectivity index (χ0v) is 17.1. The number of nitrogens with zero attached hydrogens (tertiary/aromatic N) is 1. The number of amides is 2. The van der Waals surface area contributed by atoms with Gasteiger partial charge in [-0.15, -0.1) is 0 Å². The van der Waals surface area contributed by atoms with E-state index in [0.717, 1.165) is 30.6 Å². The quantitative estimate of drug-likeness (QED) is 0.741. The van der Waals surface area contributed by atoms with Gasteiger partial charge in [0.1, 0.15) is 5.75 Å². The van der Waals surface area contributed by atoms with Crippen LogP contribution >= 0.6 is 11.6 Å². The van der Waals surface area contributed by atoms with Gasteiger partial charge in [0.15, 0.2) is 0 Å².